The molecule has 2 rings (SSSR count). The second-order valence-corrected chi connectivity index (χ2v) is 6.71. The fraction of sp³-hybridized carbons (Fsp3) is 0.455. The lowest BCUT2D eigenvalue weighted by Gasteiger charge is -2.27. The minimum atomic E-state index is -0.123. The van der Waals surface area contributed by atoms with Crippen LogP contribution in [0.15, 0.2) is 47.6 Å². The standard InChI is InChI=1S/C22H28O2/c1-4-5-6-7-11-14-19-16(2)15-20(24)21(17(3)23)22(19)18-12-9-8-10-13-18/h8-10,12-14,16H,4-7,11,15H2,1-3H3/b19-14+. The number of unbranched alkanes of at least 4 members (excludes halogenated alkanes) is 4. The molecule has 0 N–H and O–H groups in total. The van der Waals surface area contributed by atoms with Gasteiger partial charge in [-0.05, 0) is 42.4 Å². The number of carbonyl (C=O) groups excluding carboxylic acids is 2. The van der Waals surface area contributed by atoms with E-state index in [2.05, 4.69) is 19.9 Å². The van der Waals surface area contributed by atoms with E-state index < -0.39 is 0 Å². The molecule has 0 radical (unpaired) electrons. The Balaban J connectivity index is 2.43. The first kappa shape index (κ1) is 18.4. The molecule has 0 amide bonds. The Hall–Kier alpha value is -1.96. The van der Waals surface area contributed by atoms with Crippen LogP contribution < -0.4 is 0 Å². The molecule has 0 fully saturated rings. The van der Waals surface area contributed by atoms with Crippen molar-refractivity contribution in [2.24, 2.45) is 5.92 Å². The second-order valence-electron chi connectivity index (χ2n) is 6.71. The molecule has 0 spiro atoms. The predicted molar refractivity (Wildman–Crippen MR) is 99.7 cm³/mol. The molecular weight excluding hydrogens is 296 g/mol. The van der Waals surface area contributed by atoms with Crippen LogP contribution in [0.25, 0.3) is 5.57 Å². The Labute approximate surface area is 145 Å². The van der Waals surface area contributed by atoms with E-state index in [-0.39, 0.29) is 17.5 Å². The summed E-state index contributed by atoms with van der Waals surface area (Å²) in [6, 6.07) is 9.87. The molecule has 1 aromatic rings. The van der Waals surface area contributed by atoms with Gasteiger partial charge in [-0.1, -0.05) is 69.5 Å². The van der Waals surface area contributed by atoms with Crippen LogP contribution >= 0.6 is 0 Å². The van der Waals surface area contributed by atoms with E-state index in [0.717, 1.165) is 24.0 Å². The monoisotopic (exact) mass is 324 g/mol. The zero-order chi connectivity index (χ0) is 17.5. The molecule has 0 aliphatic heterocycles. The highest BCUT2D eigenvalue weighted by atomic mass is 16.1. The topological polar surface area (TPSA) is 34.1 Å². The quantitative estimate of drug-likeness (QED) is 0.488. The molecule has 2 nitrogen and oxygen atoms in total. The molecule has 1 atom stereocenters. The van der Waals surface area contributed by atoms with Crippen molar-refractivity contribution < 1.29 is 9.59 Å². The van der Waals surface area contributed by atoms with Gasteiger partial charge in [0, 0.05) is 6.42 Å². The number of rotatable bonds is 7. The Morgan fingerprint density at radius 2 is 1.88 bits per heavy atom. The number of allylic oxidation sites excluding steroid dienone is 4. The average molecular weight is 324 g/mol. The molecule has 0 heterocycles. The maximum Gasteiger partial charge on any atom is 0.167 e. The van der Waals surface area contributed by atoms with Crippen LogP contribution in [0.5, 0.6) is 0 Å². The molecule has 1 aliphatic rings. The fourth-order valence-electron chi connectivity index (χ4n) is 3.44. The summed E-state index contributed by atoms with van der Waals surface area (Å²) in [5, 5.41) is 0. The van der Waals surface area contributed by atoms with E-state index in [0.29, 0.717) is 12.0 Å². The lowest BCUT2D eigenvalue weighted by atomic mass is 9.75. The van der Waals surface area contributed by atoms with Gasteiger partial charge in [-0.15, -0.1) is 0 Å². The van der Waals surface area contributed by atoms with Crippen LogP contribution in [-0.2, 0) is 9.59 Å². The van der Waals surface area contributed by atoms with E-state index in [1.807, 2.05) is 30.3 Å². The van der Waals surface area contributed by atoms with Crippen LogP contribution in [0.3, 0.4) is 0 Å². The molecule has 1 aromatic carbocycles. The summed E-state index contributed by atoms with van der Waals surface area (Å²) in [6.07, 6.45) is 8.59. The van der Waals surface area contributed by atoms with Gasteiger partial charge < -0.3 is 0 Å². The van der Waals surface area contributed by atoms with Crippen LogP contribution in [-0.4, -0.2) is 11.6 Å². The molecule has 0 aromatic heterocycles. The van der Waals surface area contributed by atoms with Crippen LogP contribution in [0.1, 0.15) is 64.9 Å². The predicted octanol–water partition coefficient (Wildman–Crippen LogP) is 5.53. The number of benzene rings is 1. The zero-order valence-corrected chi connectivity index (χ0v) is 15.1. The van der Waals surface area contributed by atoms with E-state index >= 15 is 0 Å². The van der Waals surface area contributed by atoms with Crippen molar-refractivity contribution in [1.82, 2.24) is 0 Å². The van der Waals surface area contributed by atoms with Gasteiger partial charge in [0.25, 0.3) is 0 Å². The lowest BCUT2D eigenvalue weighted by molar-refractivity contribution is -0.120. The maximum absolute atomic E-state index is 12.5. The lowest BCUT2D eigenvalue weighted by Crippen LogP contribution is -2.23. The van der Waals surface area contributed by atoms with Crippen molar-refractivity contribution in [3.8, 4) is 0 Å². The summed E-state index contributed by atoms with van der Waals surface area (Å²) < 4.78 is 0. The smallest absolute Gasteiger partial charge is 0.167 e. The molecule has 24 heavy (non-hydrogen) atoms. The van der Waals surface area contributed by atoms with Gasteiger partial charge in [-0.3, -0.25) is 9.59 Å². The van der Waals surface area contributed by atoms with E-state index in [9.17, 15) is 9.59 Å². The first-order valence-electron chi connectivity index (χ1n) is 9.10. The van der Waals surface area contributed by atoms with Gasteiger partial charge in [-0.2, -0.15) is 0 Å². The minimum absolute atomic E-state index is 0.0167. The summed E-state index contributed by atoms with van der Waals surface area (Å²) in [6.45, 7) is 5.81. The summed E-state index contributed by atoms with van der Waals surface area (Å²) in [5.74, 6) is 0.0293. The molecule has 0 saturated heterocycles. The zero-order valence-electron chi connectivity index (χ0n) is 15.1. The molecule has 1 unspecified atom stereocenters. The van der Waals surface area contributed by atoms with Crippen LogP contribution in [0.4, 0.5) is 0 Å². The van der Waals surface area contributed by atoms with Crippen molar-refractivity contribution in [2.45, 2.75) is 59.3 Å². The SMILES string of the molecule is CCCCCC/C=C1/C(c2ccccc2)=C(C(C)=O)C(=O)CC1C. The molecule has 1 aliphatic carbocycles. The molecule has 128 valence electrons. The first-order valence-corrected chi connectivity index (χ1v) is 9.10. The summed E-state index contributed by atoms with van der Waals surface area (Å²) in [5.41, 5.74) is 3.39. The Morgan fingerprint density at radius 1 is 1.17 bits per heavy atom. The van der Waals surface area contributed by atoms with Crippen LogP contribution in [0.2, 0.25) is 0 Å². The summed E-state index contributed by atoms with van der Waals surface area (Å²) >= 11 is 0. The van der Waals surface area contributed by atoms with Crippen molar-refractivity contribution in [2.75, 3.05) is 0 Å². The number of carbonyl (C=O) groups is 2. The van der Waals surface area contributed by atoms with Gasteiger partial charge in [0.2, 0.25) is 0 Å². The number of Topliss-reactive ketones (excluding diaryl/α,β-unsaturated/α-hetero) is 2. The third kappa shape index (κ3) is 4.31. The highest BCUT2D eigenvalue weighted by Gasteiger charge is 2.31. The fourth-order valence-corrected chi connectivity index (χ4v) is 3.44. The van der Waals surface area contributed by atoms with Crippen molar-refractivity contribution in [1.29, 1.82) is 0 Å². The van der Waals surface area contributed by atoms with Crippen molar-refractivity contribution in [3.05, 3.63) is 53.1 Å². The van der Waals surface area contributed by atoms with E-state index in [4.69, 9.17) is 0 Å². The van der Waals surface area contributed by atoms with Gasteiger partial charge >= 0.3 is 0 Å². The highest BCUT2D eigenvalue weighted by molar-refractivity contribution is 6.27. The maximum atomic E-state index is 12.5. The first-order chi connectivity index (χ1) is 11.6. The average Bonchev–Trinajstić information content (AvgIpc) is 2.56. The third-order valence-electron chi connectivity index (χ3n) is 4.68. The van der Waals surface area contributed by atoms with Gasteiger partial charge in [0.1, 0.15) is 0 Å². The molecule has 0 saturated carbocycles. The Morgan fingerprint density at radius 3 is 2.50 bits per heavy atom. The highest BCUT2D eigenvalue weighted by Crippen LogP contribution is 2.39. The molecule has 2 heteroatoms. The molecule has 0 bridgehead atoms. The van der Waals surface area contributed by atoms with E-state index in [1.165, 1.54) is 31.8 Å². The Bertz CT molecular complexity index is 650. The van der Waals surface area contributed by atoms with Gasteiger partial charge in [0.05, 0.1) is 5.57 Å². The number of ketones is 2. The van der Waals surface area contributed by atoms with Crippen LogP contribution in [0, 0.1) is 5.92 Å². The minimum Gasteiger partial charge on any atom is -0.294 e. The summed E-state index contributed by atoms with van der Waals surface area (Å²) in [4.78, 5) is 24.6. The van der Waals surface area contributed by atoms with Gasteiger partial charge in [0.15, 0.2) is 11.6 Å². The normalized spacial score (nSPS) is 19.9. The van der Waals surface area contributed by atoms with E-state index in [1.54, 1.807) is 0 Å². The Kier molecular flexibility index (Phi) is 6.72. The summed E-state index contributed by atoms with van der Waals surface area (Å²) in [7, 11) is 0. The van der Waals surface area contributed by atoms with Crippen molar-refractivity contribution >= 4 is 17.1 Å². The van der Waals surface area contributed by atoms with Gasteiger partial charge in [-0.25, -0.2) is 0 Å². The second kappa shape index (κ2) is 8.77. The number of hydrogen-bond donors (Lipinski definition) is 0. The molecular formula is C22H28O2. The largest absolute Gasteiger partial charge is 0.294 e. The third-order valence-corrected chi connectivity index (χ3v) is 4.68. The van der Waals surface area contributed by atoms with Crippen molar-refractivity contribution in [3.63, 3.8) is 0 Å². The number of hydrogen-bond acceptors (Lipinski definition) is 2.